The summed E-state index contributed by atoms with van der Waals surface area (Å²) in [6.45, 7) is 2.90. The number of anilines is 2. The summed E-state index contributed by atoms with van der Waals surface area (Å²) >= 11 is 0. The second kappa shape index (κ2) is 6.26. The zero-order valence-corrected chi connectivity index (χ0v) is 13.2. The molecule has 0 atom stereocenters. The van der Waals surface area contributed by atoms with Gasteiger partial charge in [-0.25, -0.2) is 0 Å². The summed E-state index contributed by atoms with van der Waals surface area (Å²) in [6, 6.07) is 3.13. The van der Waals surface area contributed by atoms with Crippen molar-refractivity contribution in [1.29, 1.82) is 0 Å². The molecule has 0 spiro atoms. The summed E-state index contributed by atoms with van der Waals surface area (Å²) in [5, 5.41) is 2.63. The van der Waals surface area contributed by atoms with Gasteiger partial charge in [-0.3, -0.25) is 14.4 Å². The number of amides is 3. The van der Waals surface area contributed by atoms with E-state index in [2.05, 4.69) is 5.32 Å². The van der Waals surface area contributed by atoms with Crippen molar-refractivity contribution >= 4 is 29.1 Å². The zero-order chi connectivity index (χ0) is 17.3. The van der Waals surface area contributed by atoms with Gasteiger partial charge in [0.2, 0.25) is 12.7 Å². The fourth-order valence-electron chi connectivity index (χ4n) is 2.60. The molecule has 0 unspecified atom stereocenters. The van der Waals surface area contributed by atoms with Gasteiger partial charge in [-0.1, -0.05) is 0 Å². The van der Waals surface area contributed by atoms with Crippen LogP contribution in [-0.4, -0.2) is 60.5 Å². The Balaban J connectivity index is 1.64. The number of benzene rings is 1. The molecule has 0 aliphatic carbocycles. The second-order valence-corrected chi connectivity index (χ2v) is 5.45. The van der Waals surface area contributed by atoms with Gasteiger partial charge < -0.3 is 30.3 Å². The average Bonchev–Trinajstić information content (AvgIpc) is 2.99. The van der Waals surface area contributed by atoms with Gasteiger partial charge in [0.1, 0.15) is 6.54 Å². The zero-order valence-electron chi connectivity index (χ0n) is 13.2. The molecule has 9 nitrogen and oxygen atoms in total. The van der Waals surface area contributed by atoms with Crippen LogP contribution >= 0.6 is 0 Å². The standard InChI is InChI=1S/C15H18N4O5/c1-2-18-3-4-19(15(22)14(18)21)7-13(20)17-10-6-12-11(5-9(10)16)23-8-24-12/h5-6H,2-4,7-8,16H2,1H3,(H,17,20). The Hall–Kier alpha value is -2.97. The number of nitrogens with zero attached hydrogens (tertiary/aromatic N) is 2. The van der Waals surface area contributed by atoms with Gasteiger partial charge in [-0.05, 0) is 6.92 Å². The molecule has 1 aromatic rings. The maximum atomic E-state index is 12.2. The van der Waals surface area contributed by atoms with E-state index in [1.807, 2.05) is 0 Å². The molecule has 2 heterocycles. The predicted octanol–water partition coefficient (Wildman–Crippen LogP) is -0.373. The monoisotopic (exact) mass is 334 g/mol. The van der Waals surface area contributed by atoms with Gasteiger partial charge in [0.15, 0.2) is 11.5 Å². The highest BCUT2D eigenvalue weighted by Gasteiger charge is 2.32. The van der Waals surface area contributed by atoms with Crippen molar-refractivity contribution in [2.45, 2.75) is 6.92 Å². The molecule has 1 aromatic carbocycles. The lowest BCUT2D eigenvalue weighted by Crippen LogP contribution is -2.55. The summed E-state index contributed by atoms with van der Waals surface area (Å²) in [6.07, 6.45) is 0. The van der Waals surface area contributed by atoms with Crippen molar-refractivity contribution < 1.29 is 23.9 Å². The normalized spacial score (nSPS) is 16.5. The van der Waals surface area contributed by atoms with E-state index in [1.165, 1.54) is 9.80 Å². The van der Waals surface area contributed by atoms with E-state index in [4.69, 9.17) is 15.2 Å². The van der Waals surface area contributed by atoms with E-state index in [1.54, 1.807) is 19.1 Å². The number of fused-ring (bicyclic) bond motifs is 1. The molecule has 24 heavy (non-hydrogen) atoms. The second-order valence-electron chi connectivity index (χ2n) is 5.45. The molecule has 0 aromatic heterocycles. The van der Waals surface area contributed by atoms with Crippen molar-refractivity contribution in [3.05, 3.63) is 12.1 Å². The number of hydrogen-bond acceptors (Lipinski definition) is 6. The van der Waals surface area contributed by atoms with Crippen molar-refractivity contribution in [2.75, 3.05) is 44.0 Å². The minimum absolute atomic E-state index is 0.102. The van der Waals surface area contributed by atoms with Crippen LogP contribution in [0.3, 0.4) is 0 Å². The van der Waals surface area contributed by atoms with E-state index in [0.717, 1.165) is 0 Å². The third kappa shape index (κ3) is 2.92. The van der Waals surface area contributed by atoms with Crippen LogP contribution in [0.25, 0.3) is 0 Å². The molecule has 0 radical (unpaired) electrons. The number of ether oxygens (including phenoxy) is 2. The third-order valence-corrected chi connectivity index (χ3v) is 3.93. The van der Waals surface area contributed by atoms with Crippen LogP contribution in [0.1, 0.15) is 6.92 Å². The summed E-state index contributed by atoms with van der Waals surface area (Å²) in [4.78, 5) is 38.7. The molecule has 9 heteroatoms. The summed E-state index contributed by atoms with van der Waals surface area (Å²) in [7, 11) is 0. The number of likely N-dealkylation sites (N-methyl/N-ethyl adjacent to an activating group) is 1. The van der Waals surface area contributed by atoms with Crippen LogP contribution in [0.5, 0.6) is 11.5 Å². The van der Waals surface area contributed by atoms with Gasteiger partial charge >= 0.3 is 11.8 Å². The number of carbonyl (C=O) groups excluding carboxylic acids is 3. The molecule has 3 rings (SSSR count). The number of nitrogens with one attached hydrogen (secondary N) is 1. The molecule has 0 bridgehead atoms. The molecule has 1 saturated heterocycles. The number of hydrogen-bond donors (Lipinski definition) is 2. The van der Waals surface area contributed by atoms with Crippen LogP contribution in [0, 0.1) is 0 Å². The Morgan fingerprint density at radius 2 is 1.79 bits per heavy atom. The Morgan fingerprint density at radius 3 is 2.50 bits per heavy atom. The molecule has 128 valence electrons. The first-order valence-corrected chi connectivity index (χ1v) is 7.56. The lowest BCUT2D eigenvalue weighted by molar-refractivity contribution is -0.156. The maximum Gasteiger partial charge on any atom is 0.312 e. The first kappa shape index (κ1) is 15.9. The lowest BCUT2D eigenvalue weighted by atomic mass is 10.2. The van der Waals surface area contributed by atoms with Gasteiger partial charge in [0.25, 0.3) is 0 Å². The SMILES string of the molecule is CCN1CCN(CC(=O)Nc2cc3c(cc2N)OCO3)C(=O)C1=O. The minimum Gasteiger partial charge on any atom is -0.454 e. The van der Waals surface area contributed by atoms with Crippen molar-refractivity contribution in [3.63, 3.8) is 0 Å². The van der Waals surface area contributed by atoms with Gasteiger partial charge in [0, 0.05) is 31.8 Å². The number of nitrogens with two attached hydrogens (primary N) is 1. The van der Waals surface area contributed by atoms with Gasteiger partial charge in [-0.15, -0.1) is 0 Å². The highest BCUT2D eigenvalue weighted by Crippen LogP contribution is 2.38. The average molecular weight is 334 g/mol. The van der Waals surface area contributed by atoms with E-state index < -0.39 is 17.7 Å². The van der Waals surface area contributed by atoms with E-state index >= 15 is 0 Å². The Labute approximate surface area is 138 Å². The first-order valence-electron chi connectivity index (χ1n) is 7.56. The van der Waals surface area contributed by atoms with Crippen molar-refractivity contribution in [1.82, 2.24) is 9.80 Å². The molecular weight excluding hydrogens is 316 g/mol. The summed E-state index contributed by atoms with van der Waals surface area (Å²) in [5.74, 6) is -0.688. The molecule has 0 saturated carbocycles. The molecule has 2 aliphatic heterocycles. The molecule has 3 amide bonds. The van der Waals surface area contributed by atoms with E-state index in [9.17, 15) is 14.4 Å². The number of piperazine rings is 1. The van der Waals surface area contributed by atoms with Crippen molar-refractivity contribution in [3.8, 4) is 11.5 Å². The molecule has 2 aliphatic rings. The van der Waals surface area contributed by atoms with Crippen molar-refractivity contribution in [2.24, 2.45) is 0 Å². The van der Waals surface area contributed by atoms with Crippen LogP contribution in [0.15, 0.2) is 12.1 Å². The number of carbonyl (C=O) groups is 3. The highest BCUT2D eigenvalue weighted by molar-refractivity contribution is 6.35. The Bertz CT molecular complexity index is 705. The summed E-state index contributed by atoms with van der Waals surface area (Å²) < 4.78 is 10.4. The quantitative estimate of drug-likeness (QED) is 0.573. The Morgan fingerprint density at radius 1 is 1.17 bits per heavy atom. The number of rotatable bonds is 4. The van der Waals surface area contributed by atoms with E-state index in [0.29, 0.717) is 42.5 Å². The predicted molar refractivity (Wildman–Crippen MR) is 84.4 cm³/mol. The maximum absolute atomic E-state index is 12.2. The fourth-order valence-corrected chi connectivity index (χ4v) is 2.60. The first-order chi connectivity index (χ1) is 11.5. The van der Waals surface area contributed by atoms with Crippen LogP contribution in [0.4, 0.5) is 11.4 Å². The topological polar surface area (TPSA) is 114 Å². The fraction of sp³-hybridized carbons (Fsp3) is 0.400. The molecule has 1 fully saturated rings. The molecular formula is C15H18N4O5. The largest absolute Gasteiger partial charge is 0.454 e. The summed E-state index contributed by atoms with van der Waals surface area (Å²) in [5.41, 5.74) is 6.56. The van der Waals surface area contributed by atoms with Crippen LogP contribution in [0.2, 0.25) is 0 Å². The smallest absolute Gasteiger partial charge is 0.312 e. The minimum atomic E-state index is -0.670. The molecule has 3 N–H and O–H groups in total. The Kier molecular flexibility index (Phi) is 4.15. The van der Waals surface area contributed by atoms with Crippen LogP contribution in [-0.2, 0) is 14.4 Å². The van der Waals surface area contributed by atoms with Gasteiger partial charge in [-0.2, -0.15) is 0 Å². The van der Waals surface area contributed by atoms with Gasteiger partial charge in [0.05, 0.1) is 11.4 Å². The highest BCUT2D eigenvalue weighted by atomic mass is 16.7. The lowest BCUT2D eigenvalue weighted by Gasteiger charge is -2.32. The number of nitrogen functional groups attached to an aromatic ring is 1. The third-order valence-electron chi connectivity index (χ3n) is 3.93. The van der Waals surface area contributed by atoms with Crippen LogP contribution < -0.4 is 20.5 Å². The van der Waals surface area contributed by atoms with E-state index in [-0.39, 0.29) is 13.3 Å².